The van der Waals surface area contributed by atoms with Crippen LogP contribution in [0.4, 0.5) is 0 Å². The predicted molar refractivity (Wildman–Crippen MR) is 58.9 cm³/mol. The van der Waals surface area contributed by atoms with Gasteiger partial charge in [-0.1, -0.05) is 0 Å². The number of hydrogen-bond donors (Lipinski definition) is 1. The molecule has 1 N–H and O–H groups in total. The summed E-state index contributed by atoms with van der Waals surface area (Å²) in [7, 11) is 1.52. The van der Waals surface area contributed by atoms with E-state index in [4.69, 9.17) is 14.9 Å². The van der Waals surface area contributed by atoms with Gasteiger partial charge in [0.15, 0.2) is 0 Å². The Bertz CT molecular complexity index is 373. The Hall–Kier alpha value is -1.91. The van der Waals surface area contributed by atoms with E-state index in [1.165, 1.54) is 13.3 Å². The second-order valence-electron chi connectivity index (χ2n) is 3.05. The molecule has 0 unspecified atom stereocenters. The smallest absolute Gasteiger partial charge is 0.311 e. The highest BCUT2D eigenvalue weighted by molar-refractivity contribution is 6.07. The second kappa shape index (κ2) is 5.85. The molecule has 0 aliphatic carbocycles. The molecule has 1 aromatic heterocycles. The van der Waals surface area contributed by atoms with Crippen LogP contribution >= 0.6 is 0 Å². The molecule has 0 bridgehead atoms. The van der Waals surface area contributed by atoms with Gasteiger partial charge < -0.3 is 14.9 Å². The van der Waals surface area contributed by atoms with E-state index in [0.717, 1.165) is 0 Å². The zero-order chi connectivity index (χ0) is 12.0. The van der Waals surface area contributed by atoms with Gasteiger partial charge >= 0.3 is 5.97 Å². The summed E-state index contributed by atoms with van der Waals surface area (Å²) in [4.78, 5) is 15.1. The van der Waals surface area contributed by atoms with Crippen LogP contribution in [-0.2, 0) is 9.53 Å². The Kier molecular flexibility index (Phi) is 4.44. The number of nitrogens with one attached hydrogen (secondary N) is 1. The van der Waals surface area contributed by atoms with Crippen LogP contribution < -0.4 is 4.74 Å². The van der Waals surface area contributed by atoms with E-state index in [-0.39, 0.29) is 12.1 Å². The number of nitrogens with zero attached hydrogens (tertiary/aromatic N) is 1. The highest BCUT2D eigenvalue weighted by Crippen LogP contribution is 2.08. The van der Waals surface area contributed by atoms with Crippen LogP contribution in [0, 0.1) is 5.41 Å². The second-order valence-corrected chi connectivity index (χ2v) is 3.05. The van der Waals surface area contributed by atoms with Gasteiger partial charge in [0.1, 0.15) is 0 Å². The van der Waals surface area contributed by atoms with Crippen LogP contribution in [-0.4, -0.2) is 30.4 Å². The van der Waals surface area contributed by atoms with Gasteiger partial charge in [-0.05, 0) is 13.0 Å². The highest BCUT2D eigenvalue weighted by Gasteiger charge is 2.09. The average molecular weight is 222 g/mol. The van der Waals surface area contributed by atoms with Crippen LogP contribution in [0.5, 0.6) is 5.88 Å². The van der Waals surface area contributed by atoms with E-state index < -0.39 is 5.97 Å². The Morgan fingerprint density at radius 3 is 2.75 bits per heavy atom. The molecule has 1 aromatic rings. The maximum absolute atomic E-state index is 11.1. The summed E-state index contributed by atoms with van der Waals surface area (Å²) < 4.78 is 9.65. The van der Waals surface area contributed by atoms with Crippen molar-refractivity contribution >= 4 is 11.7 Å². The zero-order valence-corrected chi connectivity index (χ0v) is 9.32. The van der Waals surface area contributed by atoms with Crippen molar-refractivity contribution in [2.45, 2.75) is 13.3 Å². The van der Waals surface area contributed by atoms with Crippen molar-refractivity contribution in [3.8, 4) is 5.88 Å². The van der Waals surface area contributed by atoms with Gasteiger partial charge in [-0.25, -0.2) is 4.98 Å². The number of aromatic nitrogens is 1. The number of methoxy groups -OCH3 is 1. The molecule has 0 amide bonds. The maximum atomic E-state index is 11.1. The van der Waals surface area contributed by atoms with Crippen molar-refractivity contribution in [2.24, 2.45) is 0 Å². The number of ether oxygens (including phenoxy) is 2. The summed E-state index contributed by atoms with van der Waals surface area (Å²) in [5, 5.41) is 7.68. The first kappa shape index (κ1) is 12.2. The number of pyridine rings is 1. The minimum Gasteiger partial charge on any atom is -0.481 e. The fraction of sp³-hybridized carbons (Fsp3) is 0.364. The molecular weight excluding hydrogens is 208 g/mol. The first-order chi connectivity index (χ1) is 7.67. The van der Waals surface area contributed by atoms with Crippen LogP contribution in [0.2, 0.25) is 0 Å². The summed E-state index contributed by atoms with van der Waals surface area (Å²) in [6.45, 7) is 2.06. The van der Waals surface area contributed by atoms with Crippen LogP contribution in [0.3, 0.4) is 0 Å². The SMILES string of the molecule is CCOC(=O)CC(=N)c1ccc(OC)nc1. The van der Waals surface area contributed by atoms with Gasteiger partial charge in [-0.2, -0.15) is 0 Å². The topological polar surface area (TPSA) is 72.3 Å². The lowest BCUT2D eigenvalue weighted by Gasteiger charge is -2.04. The van der Waals surface area contributed by atoms with Crippen molar-refractivity contribution in [3.63, 3.8) is 0 Å². The molecule has 0 aliphatic heterocycles. The van der Waals surface area contributed by atoms with E-state index in [1.54, 1.807) is 19.1 Å². The number of carbonyl (C=O) groups excluding carboxylic acids is 1. The molecule has 16 heavy (non-hydrogen) atoms. The molecule has 5 heteroatoms. The Morgan fingerprint density at radius 2 is 2.25 bits per heavy atom. The molecular formula is C11H14N2O3. The first-order valence-electron chi connectivity index (χ1n) is 4.90. The Balaban J connectivity index is 2.62. The summed E-state index contributed by atoms with van der Waals surface area (Å²) in [6, 6.07) is 3.34. The van der Waals surface area contributed by atoms with Gasteiger partial charge in [0.25, 0.3) is 0 Å². The predicted octanol–water partition coefficient (Wildman–Crippen LogP) is 1.41. The van der Waals surface area contributed by atoms with Crippen LogP contribution in [0.15, 0.2) is 18.3 Å². The van der Waals surface area contributed by atoms with Gasteiger partial charge in [0, 0.05) is 17.8 Å². The molecule has 0 radical (unpaired) electrons. The van der Waals surface area contributed by atoms with Gasteiger partial charge in [-0.15, -0.1) is 0 Å². The lowest BCUT2D eigenvalue weighted by atomic mass is 10.1. The number of hydrogen-bond acceptors (Lipinski definition) is 5. The van der Waals surface area contributed by atoms with Gasteiger partial charge in [-0.3, -0.25) is 4.79 Å². The van der Waals surface area contributed by atoms with Crippen molar-refractivity contribution in [1.82, 2.24) is 4.98 Å². The lowest BCUT2D eigenvalue weighted by molar-refractivity contribution is -0.141. The van der Waals surface area contributed by atoms with Crippen LogP contribution in [0.1, 0.15) is 18.9 Å². The molecule has 0 atom stereocenters. The quantitative estimate of drug-likeness (QED) is 0.604. The maximum Gasteiger partial charge on any atom is 0.311 e. The third-order valence-corrected chi connectivity index (χ3v) is 1.92. The molecule has 86 valence electrons. The van der Waals surface area contributed by atoms with E-state index in [2.05, 4.69) is 4.98 Å². The summed E-state index contributed by atoms with van der Waals surface area (Å²) in [5.41, 5.74) is 0.780. The first-order valence-corrected chi connectivity index (χ1v) is 4.90. The van der Waals surface area contributed by atoms with E-state index in [1.807, 2.05) is 0 Å². The molecule has 5 nitrogen and oxygen atoms in total. The molecule has 0 aliphatic rings. The minimum absolute atomic E-state index is 0.0398. The number of esters is 1. The third-order valence-electron chi connectivity index (χ3n) is 1.92. The van der Waals surface area contributed by atoms with Gasteiger partial charge in [0.2, 0.25) is 5.88 Å². The Labute approximate surface area is 93.9 Å². The largest absolute Gasteiger partial charge is 0.481 e. The zero-order valence-electron chi connectivity index (χ0n) is 9.32. The fourth-order valence-corrected chi connectivity index (χ4v) is 1.14. The minimum atomic E-state index is -0.400. The molecule has 0 fully saturated rings. The van der Waals surface area contributed by atoms with Crippen molar-refractivity contribution in [1.29, 1.82) is 5.41 Å². The van der Waals surface area contributed by atoms with Crippen LogP contribution in [0.25, 0.3) is 0 Å². The standard InChI is InChI=1S/C11H14N2O3/c1-3-16-11(14)6-9(12)8-4-5-10(15-2)13-7-8/h4-5,7,12H,3,6H2,1-2H3. The average Bonchev–Trinajstić information content (AvgIpc) is 2.29. The van der Waals surface area contributed by atoms with E-state index >= 15 is 0 Å². The molecule has 0 spiro atoms. The lowest BCUT2D eigenvalue weighted by Crippen LogP contribution is -2.11. The normalized spacial score (nSPS) is 9.62. The highest BCUT2D eigenvalue weighted by atomic mass is 16.5. The van der Waals surface area contributed by atoms with Crippen molar-refractivity contribution < 1.29 is 14.3 Å². The van der Waals surface area contributed by atoms with E-state index in [9.17, 15) is 4.79 Å². The molecule has 0 saturated carbocycles. The molecule has 0 saturated heterocycles. The fourth-order valence-electron chi connectivity index (χ4n) is 1.14. The molecule has 0 aromatic carbocycles. The summed E-state index contributed by atoms with van der Waals surface area (Å²) in [5.74, 6) is 0.0796. The Morgan fingerprint density at radius 1 is 1.50 bits per heavy atom. The monoisotopic (exact) mass is 222 g/mol. The number of rotatable bonds is 5. The molecule has 1 heterocycles. The molecule has 1 rings (SSSR count). The summed E-state index contributed by atoms with van der Waals surface area (Å²) >= 11 is 0. The van der Waals surface area contributed by atoms with Crippen molar-refractivity contribution in [2.75, 3.05) is 13.7 Å². The number of carbonyl (C=O) groups is 1. The van der Waals surface area contributed by atoms with Gasteiger partial charge in [0.05, 0.1) is 25.8 Å². The van der Waals surface area contributed by atoms with E-state index in [0.29, 0.717) is 18.1 Å². The third kappa shape index (κ3) is 3.34. The van der Waals surface area contributed by atoms with Crippen molar-refractivity contribution in [3.05, 3.63) is 23.9 Å². The summed E-state index contributed by atoms with van der Waals surface area (Å²) in [6.07, 6.45) is 1.46.